The minimum atomic E-state index is 0.753. The molecule has 4 heteroatoms. The Bertz CT molecular complexity index is 384. The fourth-order valence-corrected chi connectivity index (χ4v) is 3.16. The number of hydrogen-bond acceptors (Lipinski definition) is 3. The number of halogens is 1. The van der Waals surface area contributed by atoms with Crippen molar-refractivity contribution in [1.29, 1.82) is 0 Å². The first-order chi connectivity index (χ1) is 8.20. The van der Waals surface area contributed by atoms with E-state index in [0.717, 1.165) is 34.3 Å². The van der Waals surface area contributed by atoms with E-state index in [1.54, 1.807) is 0 Å². The molecule has 94 valence electrons. The molecular formula is C13H19BrN2S. The molecule has 1 aromatic heterocycles. The van der Waals surface area contributed by atoms with E-state index >= 15 is 0 Å². The van der Waals surface area contributed by atoms with Crippen LogP contribution in [0.2, 0.25) is 0 Å². The van der Waals surface area contributed by atoms with Gasteiger partial charge in [0.1, 0.15) is 5.82 Å². The molecule has 1 aliphatic heterocycles. The van der Waals surface area contributed by atoms with Crippen molar-refractivity contribution in [3.05, 3.63) is 22.3 Å². The molecule has 1 fully saturated rings. The van der Waals surface area contributed by atoms with Gasteiger partial charge in [-0.3, -0.25) is 0 Å². The lowest BCUT2D eigenvalue weighted by atomic mass is 10.2. The highest BCUT2D eigenvalue weighted by Crippen LogP contribution is 2.25. The molecule has 1 aliphatic rings. The van der Waals surface area contributed by atoms with Crippen LogP contribution in [-0.2, 0) is 0 Å². The molecule has 1 unspecified atom stereocenters. The minimum absolute atomic E-state index is 0.753. The van der Waals surface area contributed by atoms with Gasteiger partial charge in [0.05, 0.1) is 5.69 Å². The summed E-state index contributed by atoms with van der Waals surface area (Å²) >= 11 is 5.50. The van der Waals surface area contributed by atoms with Gasteiger partial charge in [0, 0.05) is 22.8 Å². The molecule has 1 atom stereocenters. The average molecular weight is 315 g/mol. The van der Waals surface area contributed by atoms with Gasteiger partial charge in [0.25, 0.3) is 0 Å². The Morgan fingerprint density at radius 2 is 2.24 bits per heavy atom. The third-order valence-corrected chi connectivity index (χ3v) is 5.18. The molecule has 1 aromatic rings. The van der Waals surface area contributed by atoms with E-state index in [1.165, 1.54) is 19.3 Å². The molecule has 0 amide bonds. The third-order valence-electron chi connectivity index (χ3n) is 3.29. The molecule has 2 heterocycles. The van der Waals surface area contributed by atoms with Gasteiger partial charge < -0.3 is 4.90 Å². The first kappa shape index (κ1) is 13.2. The largest absolute Gasteiger partial charge is 0.356 e. The smallest absolute Gasteiger partial charge is 0.128 e. The summed E-state index contributed by atoms with van der Waals surface area (Å²) in [6, 6.07) is 4.23. The van der Waals surface area contributed by atoms with Crippen LogP contribution in [0.3, 0.4) is 0 Å². The lowest BCUT2D eigenvalue weighted by molar-refractivity contribution is 0.736. The van der Waals surface area contributed by atoms with Gasteiger partial charge in [-0.25, -0.2) is 4.98 Å². The molecule has 2 rings (SSSR count). The van der Waals surface area contributed by atoms with E-state index in [0.29, 0.717) is 0 Å². The summed E-state index contributed by atoms with van der Waals surface area (Å²) in [4.78, 5) is 7.11. The molecule has 17 heavy (non-hydrogen) atoms. The SMILES string of the molecule is CSC1CCCCN(c2ccc(Br)c(C)n2)C1. The van der Waals surface area contributed by atoms with Crippen LogP contribution in [0.4, 0.5) is 5.82 Å². The molecule has 0 N–H and O–H groups in total. The highest BCUT2D eigenvalue weighted by Gasteiger charge is 2.18. The Balaban J connectivity index is 2.16. The number of aromatic nitrogens is 1. The van der Waals surface area contributed by atoms with Crippen molar-refractivity contribution in [2.75, 3.05) is 24.2 Å². The van der Waals surface area contributed by atoms with Crippen molar-refractivity contribution in [2.24, 2.45) is 0 Å². The number of pyridine rings is 1. The molecule has 2 nitrogen and oxygen atoms in total. The Morgan fingerprint density at radius 1 is 1.41 bits per heavy atom. The Labute approximate surface area is 116 Å². The van der Waals surface area contributed by atoms with Crippen molar-refractivity contribution in [2.45, 2.75) is 31.4 Å². The Morgan fingerprint density at radius 3 is 2.94 bits per heavy atom. The highest BCUT2D eigenvalue weighted by atomic mass is 79.9. The lowest BCUT2D eigenvalue weighted by Gasteiger charge is -2.25. The topological polar surface area (TPSA) is 16.1 Å². The van der Waals surface area contributed by atoms with E-state index in [9.17, 15) is 0 Å². The lowest BCUT2D eigenvalue weighted by Crippen LogP contribution is -2.30. The summed E-state index contributed by atoms with van der Waals surface area (Å²) < 4.78 is 1.09. The predicted molar refractivity (Wildman–Crippen MR) is 80.0 cm³/mol. The fraction of sp³-hybridized carbons (Fsp3) is 0.615. The number of hydrogen-bond donors (Lipinski definition) is 0. The van der Waals surface area contributed by atoms with E-state index in [2.05, 4.69) is 51.1 Å². The van der Waals surface area contributed by atoms with Crippen LogP contribution in [0.15, 0.2) is 16.6 Å². The second kappa shape index (κ2) is 6.10. The molecule has 1 saturated heterocycles. The zero-order valence-electron chi connectivity index (χ0n) is 10.4. The van der Waals surface area contributed by atoms with E-state index < -0.39 is 0 Å². The first-order valence-electron chi connectivity index (χ1n) is 6.11. The van der Waals surface area contributed by atoms with E-state index in [-0.39, 0.29) is 0 Å². The summed E-state index contributed by atoms with van der Waals surface area (Å²) in [5, 5.41) is 0.753. The predicted octanol–water partition coefficient (Wildman–Crippen LogP) is 3.87. The second-order valence-corrected chi connectivity index (χ2v) is 6.53. The van der Waals surface area contributed by atoms with E-state index in [1.807, 2.05) is 11.8 Å². The number of thioether (sulfide) groups is 1. The third kappa shape index (κ3) is 3.38. The highest BCUT2D eigenvalue weighted by molar-refractivity contribution is 9.10. The maximum absolute atomic E-state index is 4.68. The summed E-state index contributed by atoms with van der Waals surface area (Å²) in [6.45, 7) is 4.33. The van der Waals surface area contributed by atoms with Crippen molar-refractivity contribution >= 4 is 33.5 Å². The number of nitrogens with zero attached hydrogens (tertiary/aromatic N) is 2. The molecule has 0 spiro atoms. The van der Waals surface area contributed by atoms with Gasteiger partial charge in [-0.2, -0.15) is 11.8 Å². The van der Waals surface area contributed by atoms with Gasteiger partial charge >= 0.3 is 0 Å². The first-order valence-corrected chi connectivity index (χ1v) is 8.19. The Hall–Kier alpha value is -0.220. The van der Waals surface area contributed by atoms with Gasteiger partial charge in [-0.05, 0) is 54.1 Å². The van der Waals surface area contributed by atoms with Crippen molar-refractivity contribution in [3.8, 4) is 0 Å². The molecular weight excluding hydrogens is 296 g/mol. The zero-order valence-corrected chi connectivity index (χ0v) is 12.9. The summed E-state index contributed by atoms with van der Waals surface area (Å²) in [5.74, 6) is 1.13. The fourth-order valence-electron chi connectivity index (χ4n) is 2.21. The van der Waals surface area contributed by atoms with Gasteiger partial charge in [-0.1, -0.05) is 6.42 Å². The van der Waals surface area contributed by atoms with Crippen LogP contribution in [-0.4, -0.2) is 29.6 Å². The van der Waals surface area contributed by atoms with Crippen LogP contribution in [0.25, 0.3) is 0 Å². The van der Waals surface area contributed by atoms with Crippen molar-refractivity contribution in [1.82, 2.24) is 4.98 Å². The molecule has 0 aliphatic carbocycles. The molecule has 0 bridgehead atoms. The number of aryl methyl sites for hydroxylation is 1. The summed E-state index contributed by atoms with van der Waals surface area (Å²) in [6.07, 6.45) is 6.19. The maximum Gasteiger partial charge on any atom is 0.128 e. The van der Waals surface area contributed by atoms with Gasteiger partial charge in [-0.15, -0.1) is 0 Å². The van der Waals surface area contributed by atoms with Crippen molar-refractivity contribution < 1.29 is 0 Å². The minimum Gasteiger partial charge on any atom is -0.356 e. The number of anilines is 1. The second-order valence-electron chi connectivity index (χ2n) is 4.54. The van der Waals surface area contributed by atoms with Gasteiger partial charge in [0.15, 0.2) is 0 Å². The summed E-state index contributed by atoms with van der Waals surface area (Å²) in [5.41, 5.74) is 1.08. The molecule has 0 aromatic carbocycles. The zero-order chi connectivity index (χ0) is 12.3. The monoisotopic (exact) mass is 314 g/mol. The van der Waals surface area contributed by atoms with Crippen molar-refractivity contribution in [3.63, 3.8) is 0 Å². The van der Waals surface area contributed by atoms with Crippen LogP contribution in [0, 0.1) is 6.92 Å². The quantitative estimate of drug-likeness (QED) is 0.824. The molecule has 0 saturated carbocycles. The molecule has 0 radical (unpaired) electrons. The summed E-state index contributed by atoms with van der Waals surface area (Å²) in [7, 11) is 0. The normalized spacial score (nSPS) is 21.4. The van der Waals surface area contributed by atoms with Crippen LogP contribution < -0.4 is 4.90 Å². The Kier molecular flexibility index (Phi) is 4.74. The van der Waals surface area contributed by atoms with Crippen LogP contribution >= 0.6 is 27.7 Å². The van der Waals surface area contributed by atoms with Crippen LogP contribution in [0.5, 0.6) is 0 Å². The number of rotatable bonds is 2. The standard InChI is InChI=1S/C13H19BrN2S/c1-10-12(14)6-7-13(15-10)16-8-4-3-5-11(9-16)17-2/h6-7,11H,3-5,8-9H2,1-2H3. The van der Waals surface area contributed by atoms with Gasteiger partial charge in [0.2, 0.25) is 0 Å². The maximum atomic E-state index is 4.68. The average Bonchev–Trinajstić information content (AvgIpc) is 2.58. The van der Waals surface area contributed by atoms with E-state index in [4.69, 9.17) is 0 Å². The van der Waals surface area contributed by atoms with Crippen LogP contribution in [0.1, 0.15) is 25.0 Å².